The molecule has 0 unspecified atom stereocenters. The van der Waals surface area contributed by atoms with Crippen molar-refractivity contribution in [2.24, 2.45) is 0 Å². The molecule has 4 aromatic rings. The molecule has 4 aromatic carbocycles. The van der Waals surface area contributed by atoms with Gasteiger partial charge in [0.05, 0.1) is 12.1 Å². The summed E-state index contributed by atoms with van der Waals surface area (Å²) in [6.07, 6.45) is -4.53. The van der Waals surface area contributed by atoms with E-state index in [0.29, 0.717) is 23.5 Å². The summed E-state index contributed by atoms with van der Waals surface area (Å²) in [5.74, 6) is -1.19. The number of alkyl halides is 3. The van der Waals surface area contributed by atoms with Crippen LogP contribution in [0.3, 0.4) is 0 Å². The first-order valence-corrected chi connectivity index (χ1v) is 12.7. The standard InChI is InChI=1S/C31H27F3N4O3/c1-2-38(27-15-4-3-5-16-27)30(41)22-10-7-13-25(18-22)36-28(39)20-35-24-12-6-9-21(17-24)29(40)37-26-14-8-11-23(19-26)31(32,33)34/h3-19,35H,2,20H2,1H3,(H,36,39)(H,37,40). The molecule has 3 amide bonds. The van der Waals surface area contributed by atoms with Crippen LogP contribution in [0.4, 0.5) is 35.9 Å². The zero-order chi connectivity index (χ0) is 29.4. The fraction of sp³-hybridized carbons (Fsp3) is 0.129. The zero-order valence-electron chi connectivity index (χ0n) is 22.0. The maximum absolute atomic E-state index is 13.1. The predicted molar refractivity (Wildman–Crippen MR) is 153 cm³/mol. The van der Waals surface area contributed by atoms with Crippen molar-refractivity contribution in [1.82, 2.24) is 0 Å². The van der Waals surface area contributed by atoms with E-state index in [-0.39, 0.29) is 29.6 Å². The maximum Gasteiger partial charge on any atom is 0.416 e. The Hall–Kier alpha value is -5.12. The molecular weight excluding hydrogens is 533 g/mol. The van der Waals surface area contributed by atoms with Crippen molar-refractivity contribution in [3.63, 3.8) is 0 Å². The number of carbonyl (C=O) groups is 3. The van der Waals surface area contributed by atoms with Gasteiger partial charge in [0, 0.05) is 40.4 Å². The van der Waals surface area contributed by atoms with Crippen LogP contribution in [0.15, 0.2) is 103 Å². The molecule has 0 fully saturated rings. The van der Waals surface area contributed by atoms with Crippen molar-refractivity contribution in [2.75, 3.05) is 33.9 Å². The Labute approximate surface area is 235 Å². The number of hydrogen-bond acceptors (Lipinski definition) is 4. The van der Waals surface area contributed by atoms with Crippen LogP contribution in [0.2, 0.25) is 0 Å². The second kappa shape index (κ2) is 12.8. The van der Waals surface area contributed by atoms with Crippen LogP contribution < -0.4 is 20.9 Å². The van der Waals surface area contributed by atoms with Crippen LogP contribution in [0.25, 0.3) is 0 Å². The first kappa shape index (κ1) is 28.9. The van der Waals surface area contributed by atoms with Gasteiger partial charge in [-0.25, -0.2) is 0 Å². The summed E-state index contributed by atoms with van der Waals surface area (Å²) >= 11 is 0. The van der Waals surface area contributed by atoms with Crippen molar-refractivity contribution in [1.29, 1.82) is 0 Å². The molecule has 0 aliphatic heterocycles. The number of anilines is 4. The average Bonchev–Trinajstić information content (AvgIpc) is 2.97. The summed E-state index contributed by atoms with van der Waals surface area (Å²) in [6, 6.07) is 26.5. The summed E-state index contributed by atoms with van der Waals surface area (Å²) < 4.78 is 38.9. The number of rotatable bonds is 9. The van der Waals surface area contributed by atoms with Gasteiger partial charge in [0.2, 0.25) is 5.91 Å². The van der Waals surface area contributed by atoms with Gasteiger partial charge in [-0.1, -0.05) is 36.4 Å². The second-order valence-electron chi connectivity index (χ2n) is 8.98. The number of halogens is 3. The van der Waals surface area contributed by atoms with E-state index in [1.165, 1.54) is 24.3 Å². The topological polar surface area (TPSA) is 90.5 Å². The molecule has 41 heavy (non-hydrogen) atoms. The van der Waals surface area contributed by atoms with E-state index in [2.05, 4.69) is 16.0 Å². The summed E-state index contributed by atoms with van der Waals surface area (Å²) in [4.78, 5) is 40.0. The number of benzene rings is 4. The lowest BCUT2D eigenvalue weighted by Gasteiger charge is -2.21. The highest BCUT2D eigenvalue weighted by molar-refractivity contribution is 6.07. The number of nitrogens with zero attached hydrogens (tertiary/aromatic N) is 1. The van der Waals surface area contributed by atoms with Gasteiger partial charge in [-0.2, -0.15) is 13.2 Å². The lowest BCUT2D eigenvalue weighted by molar-refractivity contribution is -0.137. The van der Waals surface area contributed by atoms with Gasteiger partial charge in [-0.15, -0.1) is 0 Å². The van der Waals surface area contributed by atoms with Crippen LogP contribution in [0.1, 0.15) is 33.2 Å². The van der Waals surface area contributed by atoms with E-state index in [0.717, 1.165) is 17.8 Å². The minimum atomic E-state index is -4.53. The second-order valence-corrected chi connectivity index (χ2v) is 8.98. The summed E-state index contributed by atoms with van der Waals surface area (Å²) in [5, 5.41) is 8.13. The highest BCUT2D eigenvalue weighted by atomic mass is 19.4. The van der Waals surface area contributed by atoms with Crippen LogP contribution in [-0.4, -0.2) is 30.8 Å². The zero-order valence-corrected chi connectivity index (χ0v) is 22.0. The molecule has 0 radical (unpaired) electrons. The monoisotopic (exact) mass is 560 g/mol. The molecule has 0 atom stereocenters. The van der Waals surface area contributed by atoms with E-state index >= 15 is 0 Å². The van der Waals surface area contributed by atoms with Gasteiger partial charge in [-0.3, -0.25) is 14.4 Å². The Kier molecular flexibility index (Phi) is 9.03. The molecule has 0 bridgehead atoms. The summed E-state index contributed by atoms with van der Waals surface area (Å²) in [6.45, 7) is 2.22. The van der Waals surface area contributed by atoms with Crippen LogP contribution >= 0.6 is 0 Å². The van der Waals surface area contributed by atoms with E-state index in [1.54, 1.807) is 41.3 Å². The quantitative estimate of drug-likeness (QED) is 0.213. The molecule has 0 spiro atoms. The smallest absolute Gasteiger partial charge is 0.376 e. The van der Waals surface area contributed by atoms with Crippen molar-refractivity contribution < 1.29 is 27.6 Å². The Balaban J connectivity index is 1.35. The first-order valence-electron chi connectivity index (χ1n) is 12.7. The van der Waals surface area contributed by atoms with Gasteiger partial charge < -0.3 is 20.9 Å². The molecule has 0 saturated carbocycles. The van der Waals surface area contributed by atoms with Gasteiger partial charge in [0.15, 0.2) is 0 Å². The molecule has 0 aromatic heterocycles. The number of amides is 3. The van der Waals surface area contributed by atoms with Gasteiger partial charge in [0.1, 0.15) is 0 Å². The largest absolute Gasteiger partial charge is 0.416 e. The molecule has 7 nitrogen and oxygen atoms in total. The molecule has 10 heteroatoms. The van der Waals surface area contributed by atoms with Gasteiger partial charge in [-0.05, 0) is 73.7 Å². The molecular formula is C31H27F3N4O3. The lowest BCUT2D eigenvalue weighted by atomic mass is 10.1. The minimum absolute atomic E-state index is 0.00843. The van der Waals surface area contributed by atoms with Crippen LogP contribution in [-0.2, 0) is 11.0 Å². The highest BCUT2D eigenvalue weighted by Crippen LogP contribution is 2.30. The van der Waals surface area contributed by atoms with Crippen molar-refractivity contribution in [3.05, 3.63) is 120 Å². The van der Waals surface area contributed by atoms with E-state index in [1.807, 2.05) is 37.3 Å². The number of nitrogens with one attached hydrogen (secondary N) is 3. The van der Waals surface area contributed by atoms with Crippen molar-refractivity contribution in [3.8, 4) is 0 Å². The summed E-state index contributed by atoms with van der Waals surface area (Å²) in [5.41, 5.74) is 1.42. The molecule has 0 saturated heterocycles. The SMILES string of the molecule is CCN(C(=O)c1cccc(NC(=O)CNc2cccc(C(=O)Nc3cccc(C(F)(F)F)c3)c2)c1)c1ccccc1. The summed E-state index contributed by atoms with van der Waals surface area (Å²) in [7, 11) is 0. The predicted octanol–water partition coefficient (Wildman–Crippen LogP) is 6.68. The van der Waals surface area contributed by atoms with Crippen LogP contribution in [0, 0.1) is 0 Å². The van der Waals surface area contributed by atoms with Gasteiger partial charge >= 0.3 is 6.18 Å². The Morgan fingerprint density at radius 2 is 1.32 bits per heavy atom. The molecule has 3 N–H and O–H groups in total. The third kappa shape index (κ3) is 7.72. The molecule has 0 heterocycles. The first-order chi connectivity index (χ1) is 19.6. The van der Waals surface area contributed by atoms with E-state index in [9.17, 15) is 27.6 Å². The average molecular weight is 561 g/mol. The van der Waals surface area contributed by atoms with E-state index < -0.39 is 17.6 Å². The number of hydrogen-bond donors (Lipinski definition) is 3. The minimum Gasteiger partial charge on any atom is -0.376 e. The third-order valence-electron chi connectivity index (χ3n) is 6.05. The molecule has 4 rings (SSSR count). The molecule has 210 valence electrons. The number of para-hydroxylation sites is 1. The normalized spacial score (nSPS) is 10.9. The van der Waals surface area contributed by atoms with Crippen molar-refractivity contribution in [2.45, 2.75) is 13.1 Å². The molecule has 0 aliphatic rings. The highest BCUT2D eigenvalue weighted by Gasteiger charge is 2.30. The van der Waals surface area contributed by atoms with Crippen molar-refractivity contribution >= 4 is 40.5 Å². The fourth-order valence-electron chi connectivity index (χ4n) is 4.07. The Morgan fingerprint density at radius 1 is 0.707 bits per heavy atom. The third-order valence-corrected chi connectivity index (χ3v) is 6.05. The van der Waals surface area contributed by atoms with Gasteiger partial charge in [0.25, 0.3) is 11.8 Å². The Bertz CT molecular complexity index is 1540. The molecule has 0 aliphatic carbocycles. The number of carbonyl (C=O) groups excluding carboxylic acids is 3. The Morgan fingerprint density at radius 3 is 2.00 bits per heavy atom. The van der Waals surface area contributed by atoms with Crippen LogP contribution in [0.5, 0.6) is 0 Å². The lowest BCUT2D eigenvalue weighted by Crippen LogP contribution is -2.30. The van der Waals surface area contributed by atoms with E-state index in [4.69, 9.17) is 0 Å². The maximum atomic E-state index is 13.1. The fourth-order valence-corrected chi connectivity index (χ4v) is 4.07.